The van der Waals surface area contributed by atoms with Gasteiger partial charge in [-0.25, -0.2) is 9.78 Å². The van der Waals surface area contributed by atoms with Crippen LogP contribution in [-0.4, -0.2) is 16.1 Å². The molecule has 3 N–H and O–H groups in total. The van der Waals surface area contributed by atoms with E-state index in [9.17, 15) is 4.79 Å². The topological polar surface area (TPSA) is 89.3 Å². The molecule has 0 saturated heterocycles. The zero-order valence-electron chi connectivity index (χ0n) is 7.44. The highest BCUT2D eigenvalue weighted by Crippen LogP contribution is 2.22. The van der Waals surface area contributed by atoms with Crippen molar-refractivity contribution < 1.29 is 14.3 Å². The number of aromatic nitrogens is 1. The first-order valence-electron chi connectivity index (χ1n) is 3.98. The summed E-state index contributed by atoms with van der Waals surface area (Å²) in [6.45, 7) is 1.65. The number of fused-ring (bicyclic) bond motifs is 1. The lowest BCUT2D eigenvalue weighted by atomic mass is 10.1. The summed E-state index contributed by atoms with van der Waals surface area (Å²) >= 11 is 0. The van der Waals surface area contributed by atoms with E-state index in [1.807, 2.05) is 0 Å². The van der Waals surface area contributed by atoms with Gasteiger partial charge in [-0.3, -0.25) is 0 Å². The molecular formula is C9H8N2O3. The molecule has 5 nitrogen and oxygen atoms in total. The van der Waals surface area contributed by atoms with Crippen LogP contribution in [0, 0.1) is 6.92 Å². The monoisotopic (exact) mass is 192 g/mol. The number of hydrogen-bond donors (Lipinski definition) is 2. The van der Waals surface area contributed by atoms with E-state index in [0.717, 1.165) is 0 Å². The molecule has 0 amide bonds. The summed E-state index contributed by atoms with van der Waals surface area (Å²) in [5, 5.41) is 8.88. The van der Waals surface area contributed by atoms with Gasteiger partial charge in [0.15, 0.2) is 11.5 Å². The maximum atomic E-state index is 10.8. The third kappa shape index (κ3) is 1.19. The van der Waals surface area contributed by atoms with Crippen molar-refractivity contribution in [2.75, 3.05) is 5.73 Å². The van der Waals surface area contributed by atoms with Gasteiger partial charge in [0.1, 0.15) is 5.52 Å². The number of carboxylic acid groups (broad SMARTS) is 1. The average Bonchev–Trinajstić information content (AvgIpc) is 2.42. The van der Waals surface area contributed by atoms with Gasteiger partial charge in [-0.1, -0.05) is 0 Å². The second kappa shape index (κ2) is 2.73. The molecule has 14 heavy (non-hydrogen) atoms. The van der Waals surface area contributed by atoms with Crippen molar-refractivity contribution in [3.63, 3.8) is 0 Å². The fourth-order valence-corrected chi connectivity index (χ4v) is 1.32. The summed E-state index contributed by atoms with van der Waals surface area (Å²) in [5.74, 6) is -0.635. The fourth-order valence-electron chi connectivity index (χ4n) is 1.32. The second-order valence-corrected chi connectivity index (χ2v) is 2.95. The van der Waals surface area contributed by atoms with Crippen molar-refractivity contribution in [3.05, 3.63) is 23.6 Å². The molecule has 0 aliphatic heterocycles. The molecule has 0 radical (unpaired) electrons. The van der Waals surface area contributed by atoms with Gasteiger partial charge in [-0.15, -0.1) is 0 Å². The minimum Gasteiger partial charge on any atom is -0.478 e. The highest BCUT2D eigenvalue weighted by Gasteiger charge is 2.14. The van der Waals surface area contributed by atoms with Crippen LogP contribution in [0.25, 0.3) is 11.1 Å². The van der Waals surface area contributed by atoms with Crippen LogP contribution >= 0.6 is 0 Å². The van der Waals surface area contributed by atoms with E-state index in [0.29, 0.717) is 22.7 Å². The van der Waals surface area contributed by atoms with Gasteiger partial charge in [0.25, 0.3) is 0 Å². The number of nitrogen functional groups attached to an aromatic ring is 1. The van der Waals surface area contributed by atoms with Gasteiger partial charge in [-0.05, 0) is 6.07 Å². The fraction of sp³-hybridized carbons (Fsp3) is 0.111. The summed E-state index contributed by atoms with van der Waals surface area (Å²) in [5.41, 5.74) is 6.68. The van der Waals surface area contributed by atoms with Crippen LogP contribution in [0.15, 0.2) is 16.5 Å². The zero-order valence-corrected chi connectivity index (χ0v) is 7.44. The molecule has 0 aliphatic carbocycles. The number of carbonyl (C=O) groups is 1. The van der Waals surface area contributed by atoms with Crippen LogP contribution in [0.4, 0.5) is 5.69 Å². The molecule has 1 aromatic carbocycles. The first kappa shape index (κ1) is 8.55. The maximum absolute atomic E-state index is 10.8. The van der Waals surface area contributed by atoms with Crippen LogP contribution in [0.5, 0.6) is 0 Å². The van der Waals surface area contributed by atoms with Crippen molar-refractivity contribution in [1.82, 2.24) is 4.98 Å². The number of aryl methyl sites for hydroxylation is 1. The van der Waals surface area contributed by atoms with Crippen LogP contribution in [-0.2, 0) is 0 Å². The number of aromatic carboxylic acids is 1. The molecule has 0 spiro atoms. The Hall–Kier alpha value is -2.04. The first-order chi connectivity index (χ1) is 6.58. The van der Waals surface area contributed by atoms with E-state index in [-0.39, 0.29) is 5.56 Å². The first-order valence-corrected chi connectivity index (χ1v) is 3.98. The number of nitrogens with two attached hydrogens (primary N) is 1. The minimum absolute atomic E-state index is 0.0665. The predicted molar refractivity (Wildman–Crippen MR) is 50.1 cm³/mol. The van der Waals surface area contributed by atoms with Gasteiger partial charge in [0, 0.05) is 18.7 Å². The molecule has 0 saturated carbocycles. The number of benzene rings is 1. The molecule has 5 heteroatoms. The predicted octanol–water partition coefficient (Wildman–Crippen LogP) is 1.42. The van der Waals surface area contributed by atoms with Crippen LogP contribution < -0.4 is 5.73 Å². The van der Waals surface area contributed by atoms with Crippen molar-refractivity contribution in [2.24, 2.45) is 0 Å². The minimum atomic E-state index is -1.06. The lowest BCUT2D eigenvalue weighted by molar-refractivity contribution is 0.0699. The Morgan fingerprint density at radius 3 is 2.93 bits per heavy atom. The number of rotatable bonds is 1. The van der Waals surface area contributed by atoms with E-state index < -0.39 is 5.97 Å². The maximum Gasteiger partial charge on any atom is 0.338 e. The Labute approximate surface area is 79.2 Å². The molecule has 1 heterocycles. The van der Waals surface area contributed by atoms with E-state index in [1.165, 1.54) is 6.07 Å². The quantitative estimate of drug-likeness (QED) is 0.667. The molecule has 1 aromatic heterocycles. The van der Waals surface area contributed by atoms with Gasteiger partial charge >= 0.3 is 5.97 Å². The highest BCUT2D eigenvalue weighted by atomic mass is 16.4. The number of nitrogens with zero attached hydrogens (tertiary/aromatic N) is 1. The Balaban J connectivity index is 2.85. The van der Waals surface area contributed by atoms with Gasteiger partial charge in [-0.2, -0.15) is 0 Å². The van der Waals surface area contributed by atoms with Crippen LogP contribution in [0.2, 0.25) is 0 Å². The molecule has 0 unspecified atom stereocenters. The van der Waals surface area contributed by atoms with E-state index in [2.05, 4.69) is 4.98 Å². The number of hydrogen-bond acceptors (Lipinski definition) is 4. The molecule has 0 fully saturated rings. The summed E-state index contributed by atoms with van der Waals surface area (Å²) in [4.78, 5) is 14.8. The van der Waals surface area contributed by atoms with Gasteiger partial charge in [0.2, 0.25) is 0 Å². The van der Waals surface area contributed by atoms with Crippen molar-refractivity contribution in [2.45, 2.75) is 6.92 Å². The highest BCUT2D eigenvalue weighted by molar-refractivity contribution is 6.01. The van der Waals surface area contributed by atoms with Crippen molar-refractivity contribution >= 4 is 22.8 Å². The summed E-state index contributed by atoms with van der Waals surface area (Å²) in [6.07, 6.45) is 0. The van der Waals surface area contributed by atoms with E-state index in [4.69, 9.17) is 15.3 Å². The molecule has 0 atom stereocenters. The van der Waals surface area contributed by atoms with Gasteiger partial charge in [0.05, 0.1) is 5.56 Å². The third-order valence-corrected chi connectivity index (χ3v) is 1.85. The van der Waals surface area contributed by atoms with Gasteiger partial charge < -0.3 is 15.3 Å². The summed E-state index contributed by atoms with van der Waals surface area (Å²) < 4.78 is 5.19. The average molecular weight is 192 g/mol. The molecular weight excluding hydrogens is 184 g/mol. The molecule has 0 aliphatic rings. The molecule has 72 valence electrons. The lowest BCUT2D eigenvalue weighted by Gasteiger charge is -1.96. The Kier molecular flexibility index (Phi) is 1.67. The SMILES string of the molecule is Cc1nc2c(C(=O)O)cc(N)cc2o1. The lowest BCUT2D eigenvalue weighted by Crippen LogP contribution is -1.99. The number of anilines is 1. The second-order valence-electron chi connectivity index (χ2n) is 2.95. The number of carboxylic acids is 1. The standard InChI is InChI=1S/C9H8N2O3/c1-4-11-8-6(9(12)13)2-5(10)3-7(8)14-4/h2-3H,10H2,1H3,(H,12,13). The summed E-state index contributed by atoms with van der Waals surface area (Å²) in [7, 11) is 0. The largest absolute Gasteiger partial charge is 0.478 e. The molecule has 0 bridgehead atoms. The molecule has 2 aromatic rings. The summed E-state index contributed by atoms with van der Waals surface area (Å²) in [6, 6.07) is 2.92. The van der Waals surface area contributed by atoms with E-state index >= 15 is 0 Å². The Morgan fingerprint density at radius 2 is 2.29 bits per heavy atom. The van der Waals surface area contributed by atoms with Crippen molar-refractivity contribution in [1.29, 1.82) is 0 Å². The van der Waals surface area contributed by atoms with Crippen LogP contribution in [0.3, 0.4) is 0 Å². The smallest absolute Gasteiger partial charge is 0.338 e. The Morgan fingerprint density at radius 1 is 1.57 bits per heavy atom. The van der Waals surface area contributed by atoms with Crippen LogP contribution in [0.1, 0.15) is 16.2 Å². The Bertz CT molecular complexity index is 516. The normalized spacial score (nSPS) is 10.6. The zero-order chi connectivity index (χ0) is 10.3. The number of oxazole rings is 1. The van der Waals surface area contributed by atoms with E-state index in [1.54, 1.807) is 13.0 Å². The third-order valence-electron chi connectivity index (χ3n) is 1.85. The molecule has 2 rings (SSSR count). The van der Waals surface area contributed by atoms with Crippen molar-refractivity contribution in [3.8, 4) is 0 Å².